The molecule has 0 aliphatic heterocycles. The Labute approximate surface area is 339 Å². The van der Waals surface area contributed by atoms with Gasteiger partial charge in [-0.05, 0) is 57.8 Å². The van der Waals surface area contributed by atoms with Crippen LogP contribution in [-0.2, 0) is 28.6 Å². The Morgan fingerprint density at radius 2 is 0.927 bits per heavy atom. The number of hydrogen-bond acceptors (Lipinski definition) is 7. The molecule has 0 aromatic heterocycles. The Morgan fingerprint density at radius 1 is 0.527 bits per heavy atom. The summed E-state index contributed by atoms with van der Waals surface area (Å²) in [6, 6.07) is -0.727. The Morgan fingerprint density at radius 3 is 1.38 bits per heavy atom. The zero-order valence-corrected chi connectivity index (χ0v) is 36.6. The highest BCUT2D eigenvalue weighted by Gasteiger charge is 2.25. The molecule has 0 aliphatic carbocycles. The molecule has 0 aromatic carbocycles. The van der Waals surface area contributed by atoms with Gasteiger partial charge in [-0.25, -0.2) is 0 Å². The third kappa shape index (κ3) is 37.2. The molecule has 0 bridgehead atoms. The van der Waals surface area contributed by atoms with Gasteiger partial charge in [0.25, 0.3) is 0 Å². The first-order chi connectivity index (χ1) is 26.6. The fourth-order valence-corrected chi connectivity index (χ4v) is 6.72. The monoisotopic (exact) mass is 778 g/mol. The number of carboxylic acids is 1. The number of unbranched alkanes of at least 4 members (excludes halogenated alkanes) is 23. The van der Waals surface area contributed by atoms with Crippen LogP contribution in [0.15, 0.2) is 24.3 Å². The van der Waals surface area contributed by atoms with E-state index in [0.717, 1.165) is 32.1 Å². The maximum Gasteiger partial charge on any atom is 0.306 e. The molecule has 0 fully saturated rings. The van der Waals surface area contributed by atoms with Gasteiger partial charge in [0, 0.05) is 19.3 Å². The Kier molecular flexibility index (Phi) is 37.1. The lowest BCUT2D eigenvalue weighted by Gasteiger charge is -2.34. The first kappa shape index (κ1) is 52.8. The molecule has 8 heteroatoms. The van der Waals surface area contributed by atoms with E-state index in [4.69, 9.17) is 14.2 Å². The number of allylic oxidation sites excluding steroid dienone is 4. The van der Waals surface area contributed by atoms with E-state index in [0.29, 0.717) is 12.8 Å². The van der Waals surface area contributed by atoms with Gasteiger partial charge in [-0.15, -0.1) is 0 Å². The highest BCUT2D eigenvalue weighted by Crippen LogP contribution is 2.14. The third-order valence-electron chi connectivity index (χ3n) is 10.3. The van der Waals surface area contributed by atoms with Crippen LogP contribution in [0.3, 0.4) is 0 Å². The summed E-state index contributed by atoms with van der Waals surface area (Å²) in [6.07, 6.45) is 42.3. The molecular formula is C47H87NO7. The molecule has 2 atom stereocenters. The lowest BCUT2D eigenvalue weighted by Crippen LogP contribution is -2.55. The summed E-state index contributed by atoms with van der Waals surface area (Å²) in [7, 11) is 5.39. The van der Waals surface area contributed by atoms with Crippen molar-refractivity contribution in [1.29, 1.82) is 0 Å². The lowest BCUT2D eigenvalue weighted by molar-refractivity contribution is -0.889. The molecule has 0 N–H and O–H groups in total. The van der Waals surface area contributed by atoms with Gasteiger partial charge in [0.15, 0.2) is 6.10 Å². The number of nitrogens with zero attached hydrogens (tertiary/aromatic N) is 1. The van der Waals surface area contributed by atoms with Gasteiger partial charge in [0.2, 0.25) is 0 Å². The highest BCUT2D eigenvalue weighted by molar-refractivity contribution is 5.70. The first-order valence-electron chi connectivity index (χ1n) is 22.9. The molecular weight excluding hydrogens is 691 g/mol. The standard InChI is InChI=1S/C47H87NO7/c1-6-8-10-12-14-16-17-18-19-20-21-22-23-24-25-26-27-28-30-31-33-35-37-45(49)54-42-43(41-53-40-39-44(47(51)52)48(3,4)5)55-46(50)38-36-34-32-29-15-13-11-9-7-2/h23-24,29,32,43-44H,6-22,25-28,30-31,33-42H2,1-5H3/b24-23+,32-29+. The van der Waals surface area contributed by atoms with Crippen molar-refractivity contribution in [2.24, 2.45) is 0 Å². The van der Waals surface area contributed by atoms with Crippen LogP contribution in [0, 0.1) is 0 Å². The number of likely N-dealkylation sites (N-methyl/N-ethyl adjacent to an activating group) is 1. The fraction of sp³-hybridized carbons (Fsp3) is 0.851. The van der Waals surface area contributed by atoms with Crippen molar-refractivity contribution in [2.45, 2.75) is 219 Å². The van der Waals surface area contributed by atoms with Gasteiger partial charge in [0.05, 0.1) is 40.3 Å². The van der Waals surface area contributed by atoms with E-state index in [2.05, 4.69) is 38.2 Å². The maximum absolute atomic E-state index is 12.6. The second-order valence-electron chi connectivity index (χ2n) is 16.6. The lowest BCUT2D eigenvalue weighted by atomic mass is 10.0. The van der Waals surface area contributed by atoms with Crippen molar-refractivity contribution in [3.05, 3.63) is 24.3 Å². The number of carbonyl (C=O) groups is 3. The van der Waals surface area contributed by atoms with Crippen LogP contribution in [0.25, 0.3) is 0 Å². The number of carbonyl (C=O) groups excluding carboxylic acids is 3. The van der Waals surface area contributed by atoms with Crippen LogP contribution < -0.4 is 5.11 Å². The molecule has 0 radical (unpaired) electrons. The normalized spacial score (nSPS) is 13.1. The summed E-state index contributed by atoms with van der Waals surface area (Å²) in [6.45, 7) is 4.60. The summed E-state index contributed by atoms with van der Waals surface area (Å²) in [4.78, 5) is 36.7. The van der Waals surface area contributed by atoms with Gasteiger partial charge in [-0.1, -0.05) is 154 Å². The molecule has 0 rings (SSSR count). The van der Waals surface area contributed by atoms with Crippen molar-refractivity contribution >= 4 is 17.9 Å². The SMILES string of the molecule is CCCCCC/C=C/CCCC(=O)OC(COCCC(C(=O)[O-])[N+](C)(C)C)COC(=O)CCCCCCCCC/C=C/CCCCCCCCCCCCC. The van der Waals surface area contributed by atoms with Crippen LogP contribution in [-0.4, -0.2) is 75.5 Å². The van der Waals surface area contributed by atoms with E-state index < -0.39 is 18.1 Å². The van der Waals surface area contributed by atoms with Gasteiger partial charge < -0.3 is 28.6 Å². The average Bonchev–Trinajstić information content (AvgIpc) is 3.14. The fourth-order valence-electron chi connectivity index (χ4n) is 6.72. The summed E-state index contributed by atoms with van der Waals surface area (Å²) >= 11 is 0. The van der Waals surface area contributed by atoms with Crippen LogP contribution in [0.5, 0.6) is 0 Å². The smallest absolute Gasteiger partial charge is 0.306 e. The number of quaternary nitrogens is 1. The summed E-state index contributed by atoms with van der Waals surface area (Å²) in [5.74, 6) is -1.78. The number of esters is 2. The number of ether oxygens (including phenoxy) is 3. The molecule has 0 aromatic rings. The van der Waals surface area contributed by atoms with Gasteiger partial charge in [-0.3, -0.25) is 9.59 Å². The van der Waals surface area contributed by atoms with Crippen molar-refractivity contribution in [3.8, 4) is 0 Å². The largest absolute Gasteiger partial charge is 0.544 e. The summed E-state index contributed by atoms with van der Waals surface area (Å²) in [5.41, 5.74) is 0. The van der Waals surface area contributed by atoms with E-state index in [-0.39, 0.29) is 49.1 Å². The predicted octanol–water partition coefficient (Wildman–Crippen LogP) is 11.1. The minimum atomic E-state index is -1.13. The first-order valence-corrected chi connectivity index (χ1v) is 22.9. The van der Waals surface area contributed by atoms with Crippen LogP contribution >= 0.6 is 0 Å². The molecule has 322 valence electrons. The second kappa shape index (κ2) is 38.7. The summed E-state index contributed by atoms with van der Waals surface area (Å²) < 4.78 is 17.1. The summed E-state index contributed by atoms with van der Waals surface area (Å²) in [5, 5.41) is 11.6. The third-order valence-corrected chi connectivity index (χ3v) is 10.3. The molecule has 0 heterocycles. The molecule has 0 aliphatic rings. The minimum Gasteiger partial charge on any atom is -0.544 e. The average molecular weight is 778 g/mol. The quantitative estimate of drug-likeness (QED) is 0.0264. The molecule has 0 spiro atoms. The maximum atomic E-state index is 12.6. The molecule has 55 heavy (non-hydrogen) atoms. The van der Waals surface area contributed by atoms with E-state index in [1.54, 1.807) is 21.1 Å². The zero-order chi connectivity index (χ0) is 40.7. The molecule has 0 saturated heterocycles. The van der Waals surface area contributed by atoms with Crippen molar-refractivity contribution < 1.29 is 38.2 Å². The van der Waals surface area contributed by atoms with Gasteiger partial charge in [0.1, 0.15) is 12.6 Å². The van der Waals surface area contributed by atoms with Crippen molar-refractivity contribution in [1.82, 2.24) is 0 Å². The van der Waals surface area contributed by atoms with Crippen LogP contribution in [0.2, 0.25) is 0 Å². The van der Waals surface area contributed by atoms with E-state index in [9.17, 15) is 19.5 Å². The predicted molar refractivity (Wildman–Crippen MR) is 227 cm³/mol. The number of aliphatic carboxylic acids is 1. The minimum absolute atomic E-state index is 0.0305. The number of hydrogen-bond donors (Lipinski definition) is 0. The van der Waals surface area contributed by atoms with Crippen molar-refractivity contribution in [3.63, 3.8) is 0 Å². The second-order valence-corrected chi connectivity index (χ2v) is 16.6. The zero-order valence-electron chi connectivity index (χ0n) is 36.6. The Bertz CT molecular complexity index is 957. The number of rotatable bonds is 41. The molecule has 2 unspecified atom stereocenters. The van der Waals surface area contributed by atoms with Crippen LogP contribution in [0.4, 0.5) is 0 Å². The van der Waals surface area contributed by atoms with E-state index in [1.165, 1.54) is 135 Å². The highest BCUT2D eigenvalue weighted by atomic mass is 16.6. The Hall–Kier alpha value is -2.19. The Balaban J connectivity index is 4.18. The van der Waals surface area contributed by atoms with E-state index in [1.807, 2.05) is 0 Å². The van der Waals surface area contributed by atoms with Gasteiger partial charge in [-0.2, -0.15) is 0 Å². The van der Waals surface area contributed by atoms with Gasteiger partial charge >= 0.3 is 11.9 Å². The molecule has 0 saturated carbocycles. The van der Waals surface area contributed by atoms with E-state index >= 15 is 0 Å². The molecule has 0 amide bonds. The topological polar surface area (TPSA) is 102 Å². The van der Waals surface area contributed by atoms with Crippen LogP contribution in [0.1, 0.15) is 206 Å². The molecule has 8 nitrogen and oxygen atoms in total. The van der Waals surface area contributed by atoms with Crippen molar-refractivity contribution in [2.75, 3.05) is 41.0 Å². The number of carboxylic acid groups (broad SMARTS) is 1.